The van der Waals surface area contributed by atoms with Gasteiger partial charge in [0, 0.05) is 12.7 Å². The van der Waals surface area contributed by atoms with Crippen LogP contribution < -0.4 is 10.6 Å². The molecule has 1 aromatic rings. The minimum absolute atomic E-state index is 0.0693. The Bertz CT molecular complexity index is 428. The highest BCUT2D eigenvalue weighted by molar-refractivity contribution is 9.10. The van der Waals surface area contributed by atoms with Crippen molar-refractivity contribution in [2.45, 2.75) is 6.10 Å². The summed E-state index contributed by atoms with van der Waals surface area (Å²) in [5, 5.41) is 11.6. The van der Waals surface area contributed by atoms with Gasteiger partial charge in [0.1, 0.15) is 18.2 Å². The standard InChI is InChI=1S/C9H12BrN5O2/c10-6-3-12-5-13-9(6)15-1-2-17-7(4-15)8(11)14-16/h3,5,7,16H,1-2,4H2,(H2,11,14). The Balaban J connectivity index is 2.15. The molecule has 92 valence electrons. The molecule has 0 amide bonds. The monoisotopic (exact) mass is 301 g/mol. The fraction of sp³-hybridized carbons (Fsp3) is 0.444. The van der Waals surface area contributed by atoms with E-state index in [4.69, 9.17) is 15.7 Å². The van der Waals surface area contributed by atoms with Crippen LogP contribution in [-0.2, 0) is 4.74 Å². The molecule has 2 rings (SSSR count). The summed E-state index contributed by atoms with van der Waals surface area (Å²) in [4.78, 5) is 10.1. The Morgan fingerprint density at radius 1 is 1.71 bits per heavy atom. The number of hydrogen-bond donors (Lipinski definition) is 2. The average Bonchev–Trinajstić information content (AvgIpc) is 2.38. The molecule has 0 saturated carbocycles. The molecule has 0 radical (unpaired) electrons. The maximum atomic E-state index is 8.63. The van der Waals surface area contributed by atoms with Crippen molar-refractivity contribution in [2.75, 3.05) is 24.6 Å². The second kappa shape index (κ2) is 5.28. The highest BCUT2D eigenvalue weighted by Crippen LogP contribution is 2.23. The smallest absolute Gasteiger partial charge is 0.170 e. The van der Waals surface area contributed by atoms with Gasteiger partial charge in [-0.15, -0.1) is 0 Å². The molecule has 8 heteroatoms. The first-order valence-electron chi connectivity index (χ1n) is 5.02. The van der Waals surface area contributed by atoms with Crippen molar-refractivity contribution in [3.63, 3.8) is 0 Å². The van der Waals surface area contributed by atoms with Crippen molar-refractivity contribution in [1.29, 1.82) is 0 Å². The molecule has 1 saturated heterocycles. The van der Waals surface area contributed by atoms with Gasteiger partial charge in [0.2, 0.25) is 0 Å². The van der Waals surface area contributed by atoms with E-state index < -0.39 is 6.10 Å². The molecule has 2 heterocycles. The van der Waals surface area contributed by atoms with Gasteiger partial charge in [0.15, 0.2) is 5.84 Å². The van der Waals surface area contributed by atoms with Crippen molar-refractivity contribution in [3.05, 3.63) is 17.0 Å². The third kappa shape index (κ3) is 2.64. The zero-order valence-corrected chi connectivity index (χ0v) is 10.5. The molecule has 0 spiro atoms. The number of ether oxygens (including phenoxy) is 1. The summed E-state index contributed by atoms with van der Waals surface area (Å²) in [7, 11) is 0. The number of anilines is 1. The van der Waals surface area contributed by atoms with E-state index in [0.717, 1.165) is 10.3 Å². The van der Waals surface area contributed by atoms with Crippen LogP contribution >= 0.6 is 15.9 Å². The molecule has 1 fully saturated rings. The molecule has 0 aliphatic carbocycles. The molecule has 17 heavy (non-hydrogen) atoms. The van der Waals surface area contributed by atoms with Crippen molar-refractivity contribution in [3.8, 4) is 0 Å². The molecule has 0 bridgehead atoms. The van der Waals surface area contributed by atoms with E-state index in [1.54, 1.807) is 6.20 Å². The van der Waals surface area contributed by atoms with Gasteiger partial charge in [-0.1, -0.05) is 5.16 Å². The van der Waals surface area contributed by atoms with E-state index in [1.807, 2.05) is 4.90 Å². The molecular formula is C9H12BrN5O2. The van der Waals surface area contributed by atoms with Crippen LogP contribution in [0.1, 0.15) is 0 Å². The summed E-state index contributed by atoms with van der Waals surface area (Å²) in [6.07, 6.45) is 2.74. The number of rotatable bonds is 2. The third-order valence-electron chi connectivity index (χ3n) is 2.46. The number of nitrogens with zero attached hydrogens (tertiary/aromatic N) is 4. The Labute approximate surface area is 106 Å². The van der Waals surface area contributed by atoms with Gasteiger partial charge in [-0.3, -0.25) is 0 Å². The molecule has 1 atom stereocenters. The first kappa shape index (κ1) is 12.1. The summed E-state index contributed by atoms with van der Waals surface area (Å²) in [6, 6.07) is 0. The maximum Gasteiger partial charge on any atom is 0.170 e. The predicted octanol–water partition coefficient (Wildman–Crippen LogP) is 0.191. The number of aromatic nitrogens is 2. The van der Waals surface area contributed by atoms with Gasteiger partial charge in [-0.25, -0.2) is 9.97 Å². The highest BCUT2D eigenvalue weighted by Gasteiger charge is 2.25. The lowest BCUT2D eigenvalue weighted by Gasteiger charge is -2.33. The van der Waals surface area contributed by atoms with E-state index in [0.29, 0.717) is 19.7 Å². The number of oxime groups is 1. The minimum Gasteiger partial charge on any atom is -0.409 e. The summed E-state index contributed by atoms with van der Waals surface area (Å²) in [6.45, 7) is 1.69. The second-order valence-electron chi connectivity index (χ2n) is 3.52. The fourth-order valence-corrected chi connectivity index (χ4v) is 2.10. The van der Waals surface area contributed by atoms with Crippen LogP contribution in [0.5, 0.6) is 0 Å². The van der Waals surface area contributed by atoms with Crippen LogP contribution in [0.25, 0.3) is 0 Å². The zero-order valence-electron chi connectivity index (χ0n) is 8.95. The largest absolute Gasteiger partial charge is 0.409 e. The van der Waals surface area contributed by atoms with Gasteiger partial charge in [0.05, 0.1) is 17.6 Å². The van der Waals surface area contributed by atoms with Crippen molar-refractivity contribution in [2.24, 2.45) is 10.9 Å². The summed E-state index contributed by atoms with van der Waals surface area (Å²) in [5.41, 5.74) is 5.53. The van der Waals surface area contributed by atoms with Gasteiger partial charge in [-0.05, 0) is 15.9 Å². The Morgan fingerprint density at radius 3 is 3.24 bits per heavy atom. The average molecular weight is 302 g/mol. The van der Waals surface area contributed by atoms with Gasteiger partial charge in [0.25, 0.3) is 0 Å². The summed E-state index contributed by atoms with van der Waals surface area (Å²) >= 11 is 3.39. The lowest BCUT2D eigenvalue weighted by atomic mass is 10.2. The normalized spacial score (nSPS) is 21.6. The van der Waals surface area contributed by atoms with Crippen LogP contribution in [0.4, 0.5) is 5.82 Å². The second-order valence-corrected chi connectivity index (χ2v) is 4.38. The molecule has 7 nitrogen and oxygen atoms in total. The predicted molar refractivity (Wildman–Crippen MR) is 65.1 cm³/mol. The van der Waals surface area contributed by atoms with Gasteiger partial charge >= 0.3 is 0 Å². The highest BCUT2D eigenvalue weighted by atomic mass is 79.9. The van der Waals surface area contributed by atoms with Crippen LogP contribution in [0.3, 0.4) is 0 Å². The van der Waals surface area contributed by atoms with Crippen LogP contribution in [0.15, 0.2) is 22.2 Å². The molecule has 1 aliphatic heterocycles. The molecule has 0 aromatic carbocycles. The Kier molecular flexibility index (Phi) is 3.75. The molecule has 3 N–H and O–H groups in total. The molecular weight excluding hydrogens is 290 g/mol. The SMILES string of the molecule is NC(=NO)C1CN(c2ncncc2Br)CCO1. The summed E-state index contributed by atoms with van der Waals surface area (Å²) in [5.74, 6) is 0.846. The van der Waals surface area contributed by atoms with E-state index in [2.05, 4.69) is 31.1 Å². The van der Waals surface area contributed by atoms with Gasteiger partial charge in [-0.2, -0.15) is 0 Å². The van der Waals surface area contributed by atoms with Gasteiger partial charge < -0.3 is 20.6 Å². The topological polar surface area (TPSA) is 96.9 Å². The number of hydrogen-bond acceptors (Lipinski definition) is 6. The fourth-order valence-electron chi connectivity index (χ4n) is 1.62. The van der Waals surface area contributed by atoms with Crippen LogP contribution in [0, 0.1) is 0 Å². The minimum atomic E-state index is -0.421. The number of halogens is 1. The molecule has 1 aliphatic rings. The summed E-state index contributed by atoms with van der Waals surface area (Å²) < 4.78 is 6.21. The lowest BCUT2D eigenvalue weighted by Crippen LogP contribution is -2.49. The molecule has 1 unspecified atom stereocenters. The van der Waals surface area contributed by atoms with E-state index in [9.17, 15) is 0 Å². The van der Waals surface area contributed by atoms with E-state index >= 15 is 0 Å². The first-order chi connectivity index (χ1) is 8.22. The van der Waals surface area contributed by atoms with Crippen LogP contribution in [-0.4, -0.2) is 46.8 Å². The van der Waals surface area contributed by atoms with Crippen molar-refractivity contribution >= 4 is 27.6 Å². The van der Waals surface area contributed by atoms with Crippen LogP contribution in [0.2, 0.25) is 0 Å². The molecule has 1 aromatic heterocycles. The maximum absolute atomic E-state index is 8.63. The number of morpholine rings is 1. The number of nitrogens with two attached hydrogens (primary N) is 1. The number of amidine groups is 1. The quantitative estimate of drug-likeness (QED) is 0.350. The Morgan fingerprint density at radius 2 is 2.53 bits per heavy atom. The van der Waals surface area contributed by atoms with Crippen molar-refractivity contribution < 1.29 is 9.94 Å². The van der Waals surface area contributed by atoms with E-state index in [1.165, 1.54) is 6.33 Å². The Hall–Kier alpha value is -1.41. The third-order valence-corrected chi connectivity index (χ3v) is 3.02. The van der Waals surface area contributed by atoms with Crippen molar-refractivity contribution in [1.82, 2.24) is 9.97 Å². The zero-order chi connectivity index (χ0) is 12.3. The first-order valence-corrected chi connectivity index (χ1v) is 5.81. The van der Waals surface area contributed by atoms with E-state index in [-0.39, 0.29) is 5.84 Å². The lowest BCUT2D eigenvalue weighted by molar-refractivity contribution is 0.0803.